The molecule has 0 unspecified atom stereocenters. The number of nitrogens with zero attached hydrogens (tertiary/aromatic N) is 6. The monoisotopic (exact) mass is 401 g/mol. The van der Waals surface area contributed by atoms with Crippen molar-refractivity contribution in [1.29, 1.82) is 0 Å². The number of nitrogens with one attached hydrogen (secondary N) is 1. The molecule has 4 heterocycles. The van der Waals surface area contributed by atoms with E-state index in [4.69, 9.17) is 4.98 Å². The highest BCUT2D eigenvalue weighted by Gasteiger charge is 2.26. The van der Waals surface area contributed by atoms with E-state index >= 15 is 0 Å². The normalized spacial score (nSPS) is 14.2. The SMILES string of the molecule is CC(C)(C)C(=O)c1c[nH]c2ncc(-c3cccc(N4CCn5cnnc5C4)c3)nc12. The minimum Gasteiger partial charge on any atom is -0.362 e. The largest absolute Gasteiger partial charge is 0.362 e. The molecule has 0 aliphatic carbocycles. The number of ketones is 1. The Morgan fingerprint density at radius 1 is 1.20 bits per heavy atom. The molecule has 4 aromatic rings. The summed E-state index contributed by atoms with van der Waals surface area (Å²) in [4.78, 5) is 27.5. The van der Waals surface area contributed by atoms with Gasteiger partial charge < -0.3 is 14.5 Å². The fraction of sp³-hybridized carbons (Fsp3) is 0.318. The van der Waals surface area contributed by atoms with Crippen LogP contribution < -0.4 is 4.90 Å². The molecule has 1 aliphatic rings. The van der Waals surface area contributed by atoms with Gasteiger partial charge in [-0.15, -0.1) is 10.2 Å². The highest BCUT2D eigenvalue weighted by molar-refractivity contribution is 6.08. The van der Waals surface area contributed by atoms with Crippen LogP contribution in [-0.2, 0) is 13.1 Å². The molecule has 0 saturated carbocycles. The van der Waals surface area contributed by atoms with Gasteiger partial charge in [0.05, 0.1) is 24.0 Å². The molecule has 1 aromatic carbocycles. The lowest BCUT2D eigenvalue weighted by atomic mass is 9.87. The van der Waals surface area contributed by atoms with Gasteiger partial charge in [-0.2, -0.15) is 0 Å². The first-order valence-corrected chi connectivity index (χ1v) is 10.0. The van der Waals surface area contributed by atoms with Crippen molar-refractivity contribution >= 4 is 22.6 Å². The number of hydrogen-bond acceptors (Lipinski definition) is 6. The fourth-order valence-corrected chi connectivity index (χ4v) is 3.76. The summed E-state index contributed by atoms with van der Waals surface area (Å²) in [5.74, 6) is 1.01. The van der Waals surface area contributed by atoms with Crippen molar-refractivity contribution in [3.05, 3.63) is 54.4 Å². The minimum atomic E-state index is -0.485. The number of carbonyl (C=O) groups is 1. The molecule has 0 radical (unpaired) electrons. The van der Waals surface area contributed by atoms with Gasteiger partial charge in [0, 0.05) is 36.0 Å². The second-order valence-electron chi connectivity index (χ2n) is 8.65. The van der Waals surface area contributed by atoms with Gasteiger partial charge in [0.25, 0.3) is 0 Å². The average molecular weight is 401 g/mol. The average Bonchev–Trinajstić information content (AvgIpc) is 3.38. The lowest BCUT2D eigenvalue weighted by Gasteiger charge is -2.29. The van der Waals surface area contributed by atoms with E-state index < -0.39 is 5.41 Å². The van der Waals surface area contributed by atoms with Gasteiger partial charge in [-0.1, -0.05) is 32.9 Å². The van der Waals surface area contributed by atoms with Crippen molar-refractivity contribution in [1.82, 2.24) is 29.7 Å². The van der Waals surface area contributed by atoms with Gasteiger partial charge in [0.2, 0.25) is 0 Å². The summed E-state index contributed by atoms with van der Waals surface area (Å²) >= 11 is 0. The predicted molar refractivity (Wildman–Crippen MR) is 114 cm³/mol. The Kier molecular flexibility index (Phi) is 4.16. The maximum Gasteiger partial charge on any atom is 0.171 e. The van der Waals surface area contributed by atoms with Gasteiger partial charge in [-0.05, 0) is 12.1 Å². The lowest BCUT2D eigenvalue weighted by Crippen LogP contribution is -2.33. The standard InChI is InChI=1S/C22H23N7O/c1-22(2,3)20(30)16-10-23-21-19(16)26-17(11-24-21)14-5-4-6-15(9-14)28-7-8-29-13-25-27-18(29)12-28/h4-6,9-11,13H,7-8,12H2,1-3H3,(H,23,24). The molecular formula is C22H23N7O. The molecule has 8 heteroatoms. The number of aromatic amines is 1. The molecule has 3 aromatic heterocycles. The first-order chi connectivity index (χ1) is 14.4. The summed E-state index contributed by atoms with van der Waals surface area (Å²) in [6.07, 6.45) is 5.24. The van der Waals surface area contributed by atoms with Gasteiger partial charge in [0.15, 0.2) is 17.3 Å². The summed E-state index contributed by atoms with van der Waals surface area (Å²) in [6, 6.07) is 8.24. The van der Waals surface area contributed by atoms with Gasteiger partial charge >= 0.3 is 0 Å². The third-order valence-corrected chi connectivity index (χ3v) is 5.45. The fourth-order valence-electron chi connectivity index (χ4n) is 3.76. The summed E-state index contributed by atoms with van der Waals surface area (Å²) in [7, 11) is 0. The van der Waals surface area contributed by atoms with Crippen molar-refractivity contribution in [2.45, 2.75) is 33.9 Å². The molecule has 8 nitrogen and oxygen atoms in total. The number of H-pyrrole nitrogens is 1. The zero-order valence-electron chi connectivity index (χ0n) is 17.3. The predicted octanol–water partition coefficient (Wildman–Crippen LogP) is 3.47. The highest BCUT2D eigenvalue weighted by Crippen LogP contribution is 2.29. The van der Waals surface area contributed by atoms with Crippen LogP contribution in [-0.4, -0.2) is 42.0 Å². The quantitative estimate of drug-likeness (QED) is 0.529. The van der Waals surface area contributed by atoms with E-state index in [0.29, 0.717) is 16.7 Å². The first-order valence-electron chi connectivity index (χ1n) is 10.0. The van der Waals surface area contributed by atoms with E-state index in [-0.39, 0.29) is 5.78 Å². The topological polar surface area (TPSA) is 92.6 Å². The van der Waals surface area contributed by atoms with Crippen molar-refractivity contribution in [2.24, 2.45) is 5.41 Å². The van der Waals surface area contributed by atoms with Gasteiger partial charge in [0.1, 0.15) is 11.8 Å². The Labute approximate surface area is 174 Å². The Morgan fingerprint density at radius 2 is 2.07 bits per heavy atom. The van der Waals surface area contributed by atoms with Crippen molar-refractivity contribution in [2.75, 3.05) is 11.4 Å². The van der Waals surface area contributed by atoms with Crippen LogP contribution in [0.2, 0.25) is 0 Å². The van der Waals surface area contributed by atoms with Crippen LogP contribution in [0.15, 0.2) is 43.0 Å². The van der Waals surface area contributed by atoms with Crippen LogP contribution >= 0.6 is 0 Å². The molecule has 0 atom stereocenters. The number of aromatic nitrogens is 6. The Bertz CT molecular complexity index is 1250. The number of anilines is 1. The van der Waals surface area contributed by atoms with Crippen LogP contribution in [0, 0.1) is 5.41 Å². The molecule has 30 heavy (non-hydrogen) atoms. The van der Waals surface area contributed by atoms with Gasteiger partial charge in [-0.3, -0.25) is 4.79 Å². The lowest BCUT2D eigenvalue weighted by molar-refractivity contribution is 0.0860. The van der Waals surface area contributed by atoms with Crippen LogP contribution in [0.3, 0.4) is 0 Å². The summed E-state index contributed by atoms with van der Waals surface area (Å²) < 4.78 is 2.08. The van der Waals surface area contributed by atoms with E-state index in [1.54, 1.807) is 18.7 Å². The number of Topliss-reactive ketones (excluding diaryl/α,β-unsaturated/α-hetero) is 1. The van der Waals surface area contributed by atoms with E-state index in [9.17, 15) is 4.79 Å². The Morgan fingerprint density at radius 3 is 2.90 bits per heavy atom. The second kappa shape index (κ2) is 6.76. The second-order valence-corrected chi connectivity index (χ2v) is 8.65. The summed E-state index contributed by atoms with van der Waals surface area (Å²) in [5, 5.41) is 8.20. The smallest absolute Gasteiger partial charge is 0.171 e. The van der Waals surface area contributed by atoms with Gasteiger partial charge in [-0.25, -0.2) is 9.97 Å². The number of rotatable bonds is 3. The first kappa shape index (κ1) is 18.5. The third kappa shape index (κ3) is 3.14. The zero-order chi connectivity index (χ0) is 20.9. The molecule has 0 bridgehead atoms. The van der Waals surface area contributed by atoms with Crippen molar-refractivity contribution in [3.63, 3.8) is 0 Å². The van der Waals surface area contributed by atoms with Crippen molar-refractivity contribution < 1.29 is 4.79 Å². The molecule has 0 saturated heterocycles. The number of fused-ring (bicyclic) bond motifs is 2. The maximum absolute atomic E-state index is 12.8. The van der Waals surface area contributed by atoms with Crippen LogP contribution in [0.5, 0.6) is 0 Å². The Hall–Kier alpha value is -3.55. The molecule has 0 amide bonds. The summed E-state index contributed by atoms with van der Waals surface area (Å²) in [6.45, 7) is 8.20. The number of benzene rings is 1. The van der Waals surface area contributed by atoms with Crippen LogP contribution in [0.4, 0.5) is 5.69 Å². The number of hydrogen-bond donors (Lipinski definition) is 1. The maximum atomic E-state index is 12.8. The molecule has 1 N–H and O–H groups in total. The minimum absolute atomic E-state index is 0.0476. The molecule has 5 rings (SSSR count). The molecule has 0 fully saturated rings. The third-order valence-electron chi connectivity index (χ3n) is 5.45. The van der Waals surface area contributed by atoms with E-state index in [2.05, 4.69) is 41.8 Å². The number of carbonyl (C=O) groups excluding carboxylic acids is 1. The zero-order valence-corrected chi connectivity index (χ0v) is 17.3. The molecular weight excluding hydrogens is 378 g/mol. The van der Waals surface area contributed by atoms with Crippen LogP contribution in [0.1, 0.15) is 37.0 Å². The van der Waals surface area contributed by atoms with Crippen LogP contribution in [0.25, 0.3) is 22.4 Å². The van der Waals surface area contributed by atoms with E-state index in [0.717, 1.165) is 42.4 Å². The highest BCUT2D eigenvalue weighted by atomic mass is 16.1. The van der Waals surface area contributed by atoms with E-state index in [1.165, 1.54) is 0 Å². The molecule has 152 valence electrons. The molecule has 0 spiro atoms. The Balaban J connectivity index is 1.50. The van der Waals surface area contributed by atoms with Crippen molar-refractivity contribution in [3.8, 4) is 11.3 Å². The molecule has 1 aliphatic heterocycles. The summed E-state index contributed by atoms with van der Waals surface area (Å²) in [5.41, 5.74) is 4.14. The van der Waals surface area contributed by atoms with E-state index in [1.807, 2.05) is 32.9 Å².